The fourth-order valence-corrected chi connectivity index (χ4v) is 2.24. The predicted octanol–water partition coefficient (Wildman–Crippen LogP) is 3.74. The van der Waals surface area contributed by atoms with Crippen molar-refractivity contribution in [2.45, 2.75) is 6.54 Å². The molecular weight excluding hydrogens is 284 g/mol. The lowest BCUT2D eigenvalue weighted by molar-refractivity contribution is 0.801. The first kappa shape index (κ1) is 14.8. The average molecular weight is 300 g/mol. The van der Waals surface area contributed by atoms with Crippen molar-refractivity contribution in [2.24, 2.45) is 0 Å². The molecular formula is C19H16N4. The Hall–Kier alpha value is -3.16. The van der Waals surface area contributed by atoms with Crippen molar-refractivity contribution in [3.63, 3.8) is 0 Å². The number of hydrogen-bond acceptors (Lipinski definition) is 4. The molecule has 3 aromatic rings. The second-order valence-electron chi connectivity index (χ2n) is 5.12. The zero-order valence-electron chi connectivity index (χ0n) is 12.5. The van der Waals surface area contributed by atoms with Gasteiger partial charge in [-0.05, 0) is 29.3 Å². The van der Waals surface area contributed by atoms with Gasteiger partial charge in [0.2, 0.25) is 0 Å². The fraction of sp³-hybridized carbons (Fsp3) is 0.0526. The Kier molecular flexibility index (Phi) is 4.63. The number of nitrogens with one attached hydrogen (secondary N) is 2. The lowest BCUT2D eigenvalue weighted by Crippen LogP contribution is -2.20. The lowest BCUT2D eigenvalue weighted by Gasteiger charge is -2.09. The smallest absolute Gasteiger partial charge is 0.101 e. The van der Waals surface area contributed by atoms with Gasteiger partial charge in [0.05, 0.1) is 5.56 Å². The van der Waals surface area contributed by atoms with Gasteiger partial charge in [0.25, 0.3) is 0 Å². The minimum Gasteiger partial charge on any atom is -0.321 e. The molecule has 0 atom stereocenters. The molecule has 1 aromatic heterocycles. The number of hydrazine groups is 1. The molecule has 0 fully saturated rings. The van der Waals surface area contributed by atoms with Crippen LogP contribution in [0.25, 0.3) is 11.1 Å². The molecule has 0 bridgehead atoms. The molecule has 4 nitrogen and oxygen atoms in total. The minimum absolute atomic E-state index is 0.570. The van der Waals surface area contributed by atoms with E-state index in [2.05, 4.69) is 34.0 Å². The third-order valence-corrected chi connectivity index (χ3v) is 3.45. The Bertz CT molecular complexity index is 805. The fourth-order valence-electron chi connectivity index (χ4n) is 2.24. The highest BCUT2D eigenvalue weighted by atomic mass is 15.3. The van der Waals surface area contributed by atoms with Crippen molar-refractivity contribution >= 4 is 5.69 Å². The number of rotatable bonds is 5. The van der Waals surface area contributed by atoms with Crippen LogP contribution in [0.5, 0.6) is 0 Å². The number of pyridine rings is 1. The topological polar surface area (TPSA) is 60.7 Å². The molecule has 0 aliphatic heterocycles. The Balaban J connectivity index is 1.62. The van der Waals surface area contributed by atoms with Gasteiger partial charge in [-0.3, -0.25) is 4.98 Å². The van der Waals surface area contributed by atoms with Crippen molar-refractivity contribution in [3.05, 3.63) is 84.2 Å². The summed E-state index contributed by atoms with van der Waals surface area (Å²) in [6.45, 7) is 0.714. The van der Waals surface area contributed by atoms with Crippen molar-refractivity contribution in [3.8, 4) is 17.2 Å². The van der Waals surface area contributed by atoms with Gasteiger partial charge >= 0.3 is 0 Å². The van der Waals surface area contributed by atoms with Gasteiger partial charge in [-0.1, -0.05) is 42.5 Å². The van der Waals surface area contributed by atoms with Crippen LogP contribution in [0.4, 0.5) is 5.69 Å². The first-order valence-corrected chi connectivity index (χ1v) is 7.33. The van der Waals surface area contributed by atoms with Gasteiger partial charge in [0.1, 0.15) is 6.07 Å². The number of nitrogens with zero attached hydrogens (tertiary/aromatic N) is 2. The SMILES string of the molecule is N#Cc1cncc(-c2ccc(CNNc3ccccc3)cc2)c1. The van der Waals surface area contributed by atoms with E-state index < -0.39 is 0 Å². The van der Waals surface area contributed by atoms with Crippen molar-refractivity contribution in [2.75, 3.05) is 5.43 Å². The van der Waals surface area contributed by atoms with Gasteiger partial charge in [-0.2, -0.15) is 5.26 Å². The summed E-state index contributed by atoms with van der Waals surface area (Å²) in [5.41, 5.74) is 11.1. The van der Waals surface area contributed by atoms with Crippen LogP contribution in [0.15, 0.2) is 73.1 Å². The maximum atomic E-state index is 8.94. The van der Waals surface area contributed by atoms with E-state index in [1.54, 1.807) is 12.4 Å². The quantitative estimate of drug-likeness (QED) is 0.705. The second-order valence-corrected chi connectivity index (χ2v) is 5.12. The Morgan fingerprint density at radius 2 is 1.70 bits per heavy atom. The number of anilines is 1. The molecule has 0 spiro atoms. The summed E-state index contributed by atoms with van der Waals surface area (Å²) < 4.78 is 0. The van der Waals surface area contributed by atoms with Crippen LogP contribution in [0.3, 0.4) is 0 Å². The molecule has 2 aromatic carbocycles. The van der Waals surface area contributed by atoms with Crippen LogP contribution in [-0.4, -0.2) is 4.98 Å². The van der Waals surface area contributed by atoms with E-state index in [-0.39, 0.29) is 0 Å². The molecule has 1 heterocycles. The van der Waals surface area contributed by atoms with Crippen molar-refractivity contribution < 1.29 is 0 Å². The average Bonchev–Trinajstić information content (AvgIpc) is 2.63. The summed E-state index contributed by atoms with van der Waals surface area (Å²) in [6, 6.07) is 22.1. The summed E-state index contributed by atoms with van der Waals surface area (Å²) in [5, 5.41) is 8.94. The minimum atomic E-state index is 0.570. The highest BCUT2D eigenvalue weighted by molar-refractivity contribution is 5.64. The van der Waals surface area contributed by atoms with E-state index in [0.717, 1.165) is 16.8 Å². The molecule has 0 unspecified atom stereocenters. The summed E-state index contributed by atoms with van der Waals surface area (Å²) >= 11 is 0. The highest BCUT2D eigenvalue weighted by Crippen LogP contribution is 2.19. The number of benzene rings is 2. The first-order chi connectivity index (χ1) is 11.3. The normalized spacial score (nSPS) is 10.0. The van der Waals surface area contributed by atoms with Gasteiger partial charge in [-0.25, -0.2) is 5.43 Å². The third kappa shape index (κ3) is 3.94. The summed E-state index contributed by atoms with van der Waals surface area (Å²) in [6.07, 6.45) is 3.34. The van der Waals surface area contributed by atoms with E-state index in [0.29, 0.717) is 12.1 Å². The van der Waals surface area contributed by atoms with E-state index in [4.69, 9.17) is 5.26 Å². The Morgan fingerprint density at radius 3 is 2.43 bits per heavy atom. The second kappa shape index (κ2) is 7.21. The molecule has 4 heteroatoms. The molecule has 0 aliphatic rings. The third-order valence-electron chi connectivity index (χ3n) is 3.45. The lowest BCUT2D eigenvalue weighted by atomic mass is 10.0. The molecule has 0 saturated carbocycles. The van der Waals surface area contributed by atoms with E-state index in [1.165, 1.54) is 5.56 Å². The van der Waals surface area contributed by atoms with Crippen LogP contribution >= 0.6 is 0 Å². The van der Waals surface area contributed by atoms with Crippen LogP contribution in [0.2, 0.25) is 0 Å². The number of hydrogen-bond donors (Lipinski definition) is 2. The largest absolute Gasteiger partial charge is 0.321 e. The van der Waals surface area contributed by atoms with Crippen molar-refractivity contribution in [1.29, 1.82) is 5.26 Å². The maximum absolute atomic E-state index is 8.94. The molecule has 0 saturated heterocycles. The standard InChI is InChI=1S/C19H16N4/c20-11-16-10-18(14-21-12-16)17-8-6-15(7-9-17)13-22-23-19-4-2-1-3-5-19/h1-10,12,14,22-23H,13H2. The van der Waals surface area contributed by atoms with Gasteiger partial charge in [0, 0.05) is 30.2 Å². The maximum Gasteiger partial charge on any atom is 0.101 e. The summed E-state index contributed by atoms with van der Waals surface area (Å²) in [5.74, 6) is 0. The molecule has 0 radical (unpaired) electrons. The van der Waals surface area contributed by atoms with E-state index in [1.807, 2.05) is 48.5 Å². The van der Waals surface area contributed by atoms with E-state index >= 15 is 0 Å². The Labute approximate surface area is 135 Å². The molecule has 23 heavy (non-hydrogen) atoms. The summed E-state index contributed by atoms with van der Waals surface area (Å²) in [4.78, 5) is 4.09. The van der Waals surface area contributed by atoms with E-state index in [9.17, 15) is 0 Å². The van der Waals surface area contributed by atoms with Crippen LogP contribution < -0.4 is 10.9 Å². The monoisotopic (exact) mass is 300 g/mol. The molecule has 112 valence electrons. The van der Waals surface area contributed by atoms with Gasteiger partial charge < -0.3 is 5.43 Å². The zero-order chi connectivity index (χ0) is 15.9. The van der Waals surface area contributed by atoms with Crippen LogP contribution in [0, 0.1) is 11.3 Å². The summed E-state index contributed by atoms with van der Waals surface area (Å²) in [7, 11) is 0. The van der Waals surface area contributed by atoms with Crippen LogP contribution in [-0.2, 0) is 6.54 Å². The van der Waals surface area contributed by atoms with Crippen LogP contribution in [0.1, 0.15) is 11.1 Å². The number of nitriles is 1. The molecule has 3 rings (SSSR count). The Morgan fingerprint density at radius 1 is 0.913 bits per heavy atom. The highest BCUT2D eigenvalue weighted by Gasteiger charge is 2.00. The number of aromatic nitrogens is 1. The first-order valence-electron chi connectivity index (χ1n) is 7.33. The molecule has 0 amide bonds. The predicted molar refractivity (Wildman–Crippen MR) is 91.3 cm³/mol. The zero-order valence-corrected chi connectivity index (χ0v) is 12.5. The number of para-hydroxylation sites is 1. The van der Waals surface area contributed by atoms with Gasteiger partial charge in [-0.15, -0.1) is 0 Å². The molecule has 2 N–H and O–H groups in total. The van der Waals surface area contributed by atoms with Gasteiger partial charge in [0.15, 0.2) is 0 Å². The molecule has 0 aliphatic carbocycles. The van der Waals surface area contributed by atoms with Crippen molar-refractivity contribution in [1.82, 2.24) is 10.4 Å².